The van der Waals surface area contributed by atoms with E-state index in [-0.39, 0.29) is 32.1 Å². The number of benzene rings is 1. The summed E-state index contributed by atoms with van der Waals surface area (Å²) in [4.78, 5) is 11.8. The zero-order valence-corrected chi connectivity index (χ0v) is 11.9. The standard InChI is InChI=1S/C15H20F2N2O2/c1-10(18)11-2-4-13(5-3-11)19-14(20)15(16,17)12-6-8-21-9-7-12/h2-5,10,12H,6-9,18H2,1H3,(H,19,20). The molecule has 1 aromatic carbocycles. The highest BCUT2D eigenvalue weighted by Gasteiger charge is 2.47. The number of hydrogen-bond donors (Lipinski definition) is 2. The van der Waals surface area contributed by atoms with E-state index in [1.807, 2.05) is 6.92 Å². The van der Waals surface area contributed by atoms with E-state index in [4.69, 9.17) is 10.5 Å². The number of alkyl halides is 2. The highest BCUT2D eigenvalue weighted by atomic mass is 19.3. The number of nitrogens with two attached hydrogens (primary N) is 1. The molecule has 1 unspecified atom stereocenters. The van der Waals surface area contributed by atoms with E-state index in [1.165, 1.54) is 0 Å². The van der Waals surface area contributed by atoms with Gasteiger partial charge in [0, 0.05) is 30.9 Å². The van der Waals surface area contributed by atoms with Gasteiger partial charge in [0.2, 0.25) is 0 Å². The van der Waals surface area contributed by atoms with Crippen LogP contribution in [-0.2, 0) is 9.53 Å². The molecule has 116 valence electrons. The number of hydrogen-bond acceptors (Lipinski definition) is 3. The van der Waals surface area contributed by atoms with Crippen molar-refractivity contribution in [1.82, 2.24) is 0 Å². The van der Waals surface area contributed by atoms with Crippen LogP contribution < -0.4 is 11.1 Å². The van der Waals surface area contributed by atoms with E-state index < -0.39 is 17.7 Å². The van der Waals surface area contributed by atoms with Crippen LogP contribution in [-0.4, -0.2) is 25.0 Å². The average molecular weight is 298 g/mol. The quantitative estimate of drug-likeness (QED) is 0.898. The van der Waals surface area contributed by atoms with Crippen LogP contribution >= 0.6 is 0 Å². The zero-order chi connectivity index (χ0) is 15.5. The molecule has 1 atom stereocenters. The van der Waals surface area contributed by atoms with Crippen molar-refractivity contribution in [3.8, 4) is 0 Å². The van der Waals surface area contributed by atoms with E-state index in [1.54, 1.807) is 24.3 Å². The van der Waals surface area contributed by atoms with Gasteiger partial charge in [-0.1, -0.05) is 12.1 Å². The highest BCUT2D eigenvalue weighted by Crippen LogP contribution is 2.33. The van der Waals surface area contributed by atoms with Gasteiger partial charge in [-0.25, -0.2) is 0 Å². The van der Waals surface area contributed by atoms with Crippen LogP contribution in [0.3, 0.4) is 0 Å². The smallest absolute Gasteiger partial charge is 0.327 e. The van der Waals surface area contributed by atoms with Crippen LogP contribution in [0, 0.1) is 5.92 Å². The molecule has 1 saturated heterocycles. The first kappa shape index (κ1) is 15.9. The van der Waals surface area contributed by atoms with E-state index >= 15 is 0 Å². The molecule has 0 bridgehead atoms. The summed E-state index contributed by atoms with van der Waals surface area (Å²) < 4.78 is 33.3. The molecule has 0 aliphatic carbocycles. The SMILES string of the molecule is CC(N)c1ccc(NC(=O)C(F)(F)C2CCOCC2)cc1. The number of anilines is 1. The van der Waals surface area contributed by atoms with Gasteiger partial charge in [-0.15, -0.1) is 0 Å². The Morgan fingerprint density at radius 3 is 2.43 bits per heavy atom. The number of halogens is 2. The number of nitrogens with one attached hydrogen (secondary N) is 1. The van der Waals surface area contributed by atoms with Crippen molar-refractivity contribution >= 4 is 11.6 Å². The number of ether oxygens (including phenoxy) is 1. The van der Waals surface area contributed by atoms with Gasteiger partial charge in [0.1, 0.15) is 0 Å². The summed E-state index contributed by atoms with van der Waals surface area (Å²) in [7, 11) is 0. The maximum Gasteiger partial charge on any atom is 0.327 e. The average Bonchev–Trinajstić information content (AvgIpc) is 2.48. The van der Waals surface area contributed by atoms with E-state index in [2.05, 4.69) is 5.32 Å². The third kappa shape index (κ3) is 3.77. The van der Waals surface area contributed by atoms with Crippen molar-refractivity contribution in [3.05, 3.63) is 29.8 Å². The van der Waals surface area contributed by atoms with Crippen molar-refractivity contribution < 1.29 is 18.3 Å². The van der Waals surface area contributed by atoms with Crippen molar-refractivity contribution in [2.75, 3.05) is 18.5 Å². The van der Waals surface area contributed by atoms with Gasteiger partial charge in [-0.2, -0.15) is 8.78 Å². The lowest BCUT2D eigenvalue weighted by Gasteiger charge is -2.28. The van der Waals surface area contributed by atoms with Crippen LogP contribution in [0.25, 0.3) is 0 Å². The molecular formula is C15H20F2N2O2. The molecule has 1 aromatic rings. The predicted octanol–water partition coefficient (Wildman–Crippen LogP) is 2.71. The summed E-state index contributed by atoms with van der Waals surface area (Å²) in [6.45, 7) is 2.38. The first-order chi connectivity index (χ1) is 9.91. The molecule has 1 amide bonds. The first-order valence-corrected chi connectivity index (χ1v) is 7.04. The predicted molar refractivity (Wildman–Crippen MR) is 76.2 cm³/mol. The summed E-state index contributed by atoms with van der Waals surface area (Å²) >= 11 is 0. The maximum atomic E-state index is 14.1. The normalized spacial score (nSPS) is 18.3. The second-order valence-electron chi connectivity index (χ2n) is 5.37. The Bertz CT molecular complexity index is 483. The Hall–Kier alpha value is -1.53. The number of carbonyl (C=O) groups excluding carboxylic acids is 1. The van der Waals surface area contributed by atoms with Crippen molar-refractivity contribution in [1.29, 1.82) is 0 Å². The molecule has 2 rings (SSSR count). The van der Waals surface area contributed by atoms with Crippen LogP contribution in [0.2, 0.25) is 0 Å². The molecule has 0 aromatic heterocycles. The van der Waals surface area contributed by atoms with Gasteiger partial charge in [-0.3, -0.25) is 4.79 Å². The summed E-state index contributed by atoms with van der Waals surface area (Å²) in [5.41, 5.74) is 6.94. The fourth-order valence-corrected chi connectivity index (χ4v) is 2.33. The summed E-state index contributed by atoms with van der Waals surface area (Å²) in [6.07, 6.45) is 0.397. The second-order valence-corrected chi connectivity index (χ2v) is 5.37. The maximum absolute atomic E-state index is 14.1. The first-order valence-electron chi connectivity index (χ1n) is 7.04. The molecule has 1 heterocycles. The minimum absolute atomic E-state index is 0.140. The van der Waals surface area contributed by atoms with E-state index in [0.29, 0.717) is 5.69 Å². The van der Waals surface area contributed by atoms with Crippen molar-refractivity contribution in [2.24, 2.45) is 11.7 Å². The Kier molecular flexibility index (Phi) is 4.90. The van der Waals surface area contributed by atoms with Crippen molar-refractivity contribution in [2.45, 2.75) is 31.7 Å². The molecule has 0 spiro atoms. The lowest BCUT2D eigenvalue weighted by molar-refractivity contribution is -0.153. The highest BCUT2D eigenvalue weighted by molar-refractivity contribution is 5.96. The molecular weight excluding hydrogens is 278 g/mol. The Labute approximate surface area is 122 Å². The minimum atomic E-state index is -3.39. The minimum Gasteiger partial charge on any atom is -0.381 e. The molecule has 0 saturated carbocycles. The third-order valence-electron chi connectivity index (χ3n) is 3.73. The van der Waals surface area contributed by atoms with Crippen LogP contribution in [0.4, 0.5) is 14.5 Å². The lowest BCUT2D eigenvalue weighted by atomic mass is 9.92. The largest absolute Gasteiger partial charge is 0.381 e. The molecule has 1 fully saturated rings. The van der Waals surface area contributed by atoms with Crippen LogP contribution in [0.5, 0.6) is 0 Å². The van der Waals surface area contributed by atoms with E-state index in [9.17, 15) is 13.6 Å². The fourth-order valence-electron chi connectivity index (χ4n) is 2.33. The monoisotopic (exact) mass is 298 g/mol. The van der Waals surface area contributed by atoms with Gasteiger partial charge < -0.3 is 15.8 Å². The van der Waals surface area contributed by atoms with Gasteiger partial charge in [0.05, 0.1) is 0 Å². The van der Waals surface area contributed by atoms with Gasteiger partial charge >= 0.3 is 5.92 Å². The fraction of sp³-hybridized carbons (Fsp3) is 0.533. The number of rotatable bonds is 4. The molecule has 1 aliphatic rings. The zero-order valence-electron chi connectivity index (χ0n) is 11.9. The van der Waals surface area contributed by atoms with Crippen LogP contribution in [0.1, 0.15) is 31.4 Å². The van der Waals surface area contributed by atoms with Crippen LogP contribution in [0.15, 0.2) is 24.3 Å². The molecule has 4 nitrogen and oxygen atoms in total. The van der Waals surface area contributed by atoms with E-state index in [0.717, 1.165) is 5.56 Å². The Balaban J connectivity index is 2.02. The third-order valence-corrected chi connectivity index (χ3v) is 3.73. The number of amides is 1. The summed E-state index contributed by atoms with van der Waals surface area (Å²) in [5.74, 6) is -5.61. The van der Waals surface area contributed by atoms with Gasteiger partial charge in [0.15, 0.2) is 0 Å². The Morgan fingerprint density at radius 1 is 1.33 bits per heavy atom. The lowest BCUT2D eigenvalue weighted by Crippen LogP contribution is -2.43. The topological polar surface area (TPSA) is 64.3 Å². The van der Waals surface area contributed by atoms with Gasteiger partial charge in [-0.05, 0) is 37.5 Å². The second kappa shape index (κ2) is 6.49. The Morgan fingerprint density at radius 2 is 1.90 bits per heavy atom. The summed E-state index contributed by atoms with van der Waals surface area (Å²) in [5, 5.41) is 2.28. The molecule has 1 aliphatic heterocycles. The summed E-state index contributed by atoms with van der Waals surface area (Å²) in [6, 6.07) is 6.45. The number of carbonyl (C=O) groups is 1. The molecule has 3 N–H and O–H groups in total. The molecule has 21 heavy (non-hydrogen) atoms. The van der Waals surface area contributed by atoms with Crippen molar-refractivity contribution in [3.63, 3.8) is 0 Å². The molecule has 0 radical (unpaired) electrons. The molecule has 6 heteroatoms. The van der Waals surface area contributed by atoms with Gasteiger partial charge in [0.25, 0.3) is 5.91 Å².